The van der Waals surface area contributed by atoms with Crippen molar-refractivity contribution in [2.24, 2.45) is 5.73 Å². The van der Waals surface area contributed by atoms with Gasteiger partial charge in [0.25, 0.3) is 0 Å². The Balaban J connectivity index is 3.23. The Kier molecular flexibility index (Phi) is 3.56. The lowest BCUT2D eigenvalue weighted by Crippen LogP contribution is -2.28. The zero-order valence-corrected chi connectivity index (χ0v) is 10.4. The summed E-state index contributed by atoms with van der Waals surface area (Å²) in [7, 11) is 1.68. The minimum atomic E-state index is -0.0604. The molecule has 0 radical (unpaired) electrons. The minimum absolute atomic E-state index is 0.0604. The number of hydrogen-bond acceptors (Lipinski definition) is 2. The third-order valence-corrected chi connectivity index (χ3v) is 2.89. The largest absolute Gasteiger partial charge is 0.496 e. The van der Waals surface area contributed by atoms with E-state index in [1.54, 1.807) is 7.11 Å². The molecule has 0 aliphatic rings. The van der Waals surface area contributed by atoms with Crippen molar-refractivity contribution in [1.29, 1.82) is 0 Å². The molecule has 1 aromatic carbocycles. The number of rotatable bonds is 3. The molecule has 0 aliphatic heterocycles. The fourth-order valence-corrected chi connectivity index (χ4v) is 1.68. The van der Waals surface area contributed by atoms with Crippen LogP contribution in [-0.2, 0) is 5.41 Å². The molecule has 0 unspecified atom stereocenters. The summed E-state index contributed by atoms with van der Waals surface area (Å²) in [6, 6.07) is 5.98. The fourth-order valence-electron chi connectivity index (χ4n) is 1.32. The third-order valence-electron chi connectivity index (χ3n) is 2.40. The van der Waals surface area contributed by atoms with Crippen LogP contribution in [0, 0.1) is 0 Å². The van der Waals surface area contributed by atoms with E-state index in [2.05, 4.69) is 35.8 Å². The topological polar surface area (TPSA) is 35.2 Å². The van der Waals surface area contributed by atoms with E-state index < -0.39 is 0 Å². The van der Waals surface area contributed by atoms with Crippen LogP contribution in [0.25, 0.3) is 0 Å². The first-order chi connectivity index (χ1) is 6.51. The molecular weight excluding hydrogens is 242 g/mol. The molecular formula is C11H16BrNO. The van der Waals surface area contributed by atoms with E-state index in [0.717, 1.165) is 15.8 Å². The van der Waals surface area contributed by atoms with E-state index in [9.17, 15) is 0 Å². The van der Waals surface area contributed by atoms with Crippen molar-refractivity contribution in [1.82, 2.24) is 0 Å². The van der Waals surface area contributed by atoms with Crippen LogP contribution in [-0.4, -0.2) is 13.7 Å². The van der Waals surface area contributed by atoms with Gasteiger partial charge in [0.05, 0.1) is 7.11 Å². The summed E-state index contributed by atoms with van der Waals surface area (Å²) in [6.07, 6.45) is 0. The predicted octanol–water partition coefficient (Wildman–Crippen LogP) is 2.69. The van der Waals surface area contributed by atoms with Gasteiger partial charge in [0.1, 0.15) is 5.75 Å². The number of benzene rings is 1. The lowest BCUT2D eigenvalue weighted by molar-refractivity contribution is 0.393. The molecule has 1 aromatic rings. The highest BCUT2D eigenvalue weighted by Crippen LogP contribution is 2.32. The average molecular weight is 258 g/mol. The van der Waals surface area contributed by atoms with Gasteiger partial charge in [0.15, 0.2) is 0 Å². The van der Waals surface area contributed by atoms with Crippen molar-refractivity contribution in [3.05, 3.63) is 28.2 Å². The van der Waals surface area contributed by atoms with Gasteiger partial charge in [0, 0.05) is 22.0 Å². The molecule has 0 spiro atoms. The second kappa shape index (κ2) is 4.32. The second-order valence-corrected chi connectivity index (χ2v) is 4.85. The lowest BCUT2D eigenvalue weighted by atomic mass is 9.84. The summed E-state index contributed by atoms with van der Waals surface area (Å²) in [5, 5.41) is 0. The van der Waals surface area contributed by atoms with Crippen LogP contribution in [0.15, 0.2) is 22.7 Å². The van der Waals surface area contributed by atoms with Gasteiger partial charge in [-0.05, 0) is 18.2 Å². The number of hydrogen-bond donors (Lipinski definition) is 1. The zero-order chi connectivity index (χ0) is 10.8. The molecule has 0 amide bonds. The van der Waals surface area contributed by atoms with E-state index in [-0.39, 0.29) is 5.41 Å². The number of methoxy groups -OCH3 is 1. The SMILES string of the molecule is COc1ccc(Br)cc1C(C)(C)CN. The van der Waals surface area contributed by atoms with E-state index >= 15 is 0 Å². The second-order valence-electron chi connectivity index (χ2n) is 3.93. The molecule has 0 heterocycles. The smallest absolute Gasteiger partial charge is 0.122 e. The molecule has 0 aromatic heterocycles. The maximum Gasteiger partial charge on any atom is 0.122 e. The number of ether oxygens (including phenoxy) is 1. The van der Waals surface area contributed by atoms with Crippen LogP contribution >= 0.6 is 15.9 Å². The molecule has 0 saturated carbocycles. The van der Waals surface area contributed by atoms with Crippen molar-refractivity contribution in [2.45, 2.75) is 19.3 Å². The van der Waals surface area contributed by atoms with Crippen LogP contribution in [0.2, 0.25) is 0 Å². The molecule has 1 rings (SSSR count). The van der Waals surface area contributed by atoms with Crippen molar-refractivity contribution in [3.8, 4) is 5.75 Å². The van der Waals surface area contributed by atoms with Gasteiger partial charge >= 0.3 is 0 Å². The Morgan fingerprint density at radius 3 is 2.57 bits per heavy atom. The van der Waals surface area contributed by atoms with Gasteiger partial charge in [-0.25, -0.2) is 0 Å². The Labute approximate surface area is 93.6 Å². The maximum absolute atomic E-state index is 5.74. The summed E-state index contributed by atoms with van der Waals surface area (Å²) in [5.74, 6) is 0.892. The molecule has 0 saturated heterocycles. The van der Waals surface area contributed by atoms with Crippen molar-refractivity contribution in [3.63, 3.8) is 0 Å². The summed E-state index contributed by atoms with van der Waals surface area (Å²) in [4.78, 5) is 0. The van der Waals surface area contributed by atoms with Crippen molar-refractivity contribution >= 4 is 15.9 Å². The first-order valence-electron chi connectivity index (χ1n) is 4.55. The average Bonchev–Trinajstić information content (AvgIpc) is 2.18. The minimum Gasteiger partial charge on any atom is -0.496 e. The van der Waals surface area contributed by atoms with Gasteiger partial charge in [-0.3, -0.25) is 0 Å². The zero-order valence-electron chi connectivity index (χ0n) is 8.80. The van der Waals surface area contributed by atoms with E-state index in [1.807, 2.05) is 12.1 Å². The van der Waals surface area contributed by atoms with E-state index in [4.69, 9.17) is 10.5 Å². The lowest BCUT2D eigenvalue weighted by Gasteiger charge is -2.25. The molecule has 78 valence electrons. The van der Waals surface area contributed by atoms with Gasteiger partial charge in [-0.2, -0.15) is 0 Å². The predicted molar refractivity (Wildman–Crippen MR) is 62.8 cm³/mol. The Hall–Kier alpha value is -0.540. The quantitative estimate of drug-likeness (QED) is 0.904. The maximum atomic E-state index is 5.74. The number of nitrogens with two attached hydrogens (primary N) is 1. The van der Waals surface area contributed by atoms with Gasteiger partial charge in [0.2, 0.25) is 0 Å². The standard InChI is InChI=1S/C11H16BrNO/c1-11(2,7-13)9-6-8(12)4-5-10(9)14-3/h4-6H,7,13H2,1-3H3. The van der Waals surface area contributed by atoms with Crippen molar-refractivity contribution < 1.29 is 4.74 Å². The highest BCUT2D eigenvalue weighted by Gasteiger charge is 2.22. The molecule has 2 N–H and O–H groups in total. The summed E-state index contributed by atoms with van der Waals surface area (Å²) >= 11 is 3.45. The van der Waals surface area contributed by atoms with E-state index in [1.165, 1.54) is 0 Å². The first kappa shape index (κ1) is 11.5. The summed E-state index contributed by atoms with van der Waals surface area (Å²) < 4.78 is 6.36. The summed E-state index contributed by atoms with van der Waals surface area (Å²) in [5.41, 5.74) is 6.82. The highest BCUT2D eigenvalue weighted by molar-refractivity contribution is 9.10. The van der Waals surface area contributed by atoms with Gasteiger partial charge in [-0.15, -0.1) is 0 Å². The van der Waals surface area contributed by atoms with Gasteiger partial charge < -0.3 is 10.5 Å². The molecule has 3 heteroatoms. The monoisotopic (exact) mass is 257 g/mol. The fraction of sp³-hybridized carbons (Fsp3) is 0.455. The van der Waals surface area contributed by atoms with Crippen LogP contribution in [0.4, 0.5) is 0 Å². The van der Waals surface area contributed by atoms with Crippen LogP contribution in [0.5, 0.6) is 5.75 Å². The molecule has 14 heavy (non-hydrogen) atoms. The van der Waals surface area contributed by atoms with Crippen LogP contribution in [0.3, 0.4) is 0 Å². The highest BCUT2D eigenvalue weighted by atomic mass is 79.9. The Bertz CT molecular complexity index is 323. The Morgan fingerprint density at radius 2 is 2.07 bits per heavy atom. The normalized spacial score (nSPS) is 11.5. The van der Waals surface area contributed by atoms with Crippen molar-refractivity contribution in [2.75, 3.05) is 13.7 Å². The molecule has 2 nitrogen and oxygen atoms in total. The molecule has 0 fully saturated rings. The molecule has 0 bridgehead atoms. The summed E-state index contributed by atoms with van der Waals surface area (Å²) in [6.45, 7) is 4.81. The molecule has 0 aliphatic carbocycles. The third kappa shape index (κ3) is 2.28. The Morgan fingerprint density at radius 1 is 1.43 bits per heavy atom. The van der Waals surface area contributed by atoms with E-state index in [0.29, 0.717) is 6.54 Å². The number of halogens is 1. The van der Waals surface area contributed by atoms with Gasteiger partial charge in [-0.1, -0.05) is 29.8 Å². The first-order valence-corrected chi connectivity index (χ1v) is 5.34. The van der Waals surface area contributed by atoms with Crippen LogP contribution < -0.4 is 10.5 Å². The molecule has 0 atom stereocenters. The van der Waals surface area contributed by atoms with Crippen LogP contribution in [0.1, 0.15) is 19.4 Å².